The van der Waals surface area contributed by atoms with Gasteiger partial charge in [0.1, 0.15) is 0 Å². The van der Waals surface area contributed by atoms with E-state index in [1.807, 2.05) is 6.20 Å². The van der Waals surface area contributed by atoms with Gasteiger partial charge in [0, 0.05) is 48.8 Å². The van der Waals surface area contributed by atoms with Gasteiger partial charge in [-0.3, -0.25) is 9.78 Å². The third-order valence-corrected chi connectivity index (χ3v) is 7.18. The number of halogens is 1. The second kappa shape index (κ2) is 9.82. The summed E-state index contributed by atoms with van der Waals surface area (Å²) in [5, 5.41) is 11.0. The maximum atomic E-state index is 12.7. The van der Waals surface area contributed by atoms with Gasteiger partial charge in [0.05, 0.1) is 21.9 Å². The Labute approximate surface area is 198 Å². The van der Waals surface area contributed by atoms with Crippen molar-refractivity contribution in [1.29, 1.82) is 0 Å². The first kappa shape index (κ1) is 24.6. The molecule has 176 valence electrons. The topological polar surface area (TPSA) is 133 Å². The molecule has 4 N–H and O–H groups in total. The highest BCUT2D eigenvalue weighted by molar-refractivity contribution is 7.91. The number of nitrogens with one attached hydrogen (secondary N) is 1. The Morgan fingerprint density at radius 3 is 2.58 bits per heavy atom. The Hall–Kier alpha value is -3.08. The Morgan fingerprint density at radius 2 is 1.94 bits per heavy atom. The average molecular weight is 492 g/mol. The molecule has 3 aromatic rings. The molecule has 4 rings (SSSR count). The summed E-state index contributed by atoms with van der Waals surface area (Å²) in [4.78, 5) is 22.9. The van der Waals surface area contributed by atoms with Crippen molar-refractivity contribution in [3.05, 3.63) is 54.4 Å². The largest absolute Gasteiger partial charge is 0.494 e. The smallest absolute Gasteiger partial charge is 0.248 e. The third kappa shape index (κ3) is 5.29. The number of aromatic nitrogens is 2. The monoisotopic (exact) mass is 491 g/mol. The first-order valence-corrected chi connectivity index (χ1v) is 11.8. The molecule has 1 aliphatic rings. The van der Waals surface area contributed by atoms with Crippen LogP contribution in [-0.2, 0) is 9.84 Å². The summed E-state index contributed by atoms with van der Waals surface area (Å²) < 4.78 is 25.4. The fourth-order valence-corrected chi connectivity index (χ4v) is 4.71. The lowest BCUT2D eigenvalue weighted by atomic mass is 10.1. The Kier molecular flexibility index (Phi) is 7.31. The van der Waals surface area contributed by atoms with Gasteiger partial charge in [-0.05, 0) is 37.5 Å². The standard InChI is InChI=1S/C22H25N5O4S.ClH/c1-26-8-10-27(11-9-26)7-2-12-32(30,31)16-4-6-18(24-14-16)20-17-5-3-15(21(23)28)13-19(17)25-22(20)29;/h2-7,13-14,25,29H,8-12H2,1H3,(H2,23,28);1H. The van der Waals surface area contributed by atoms with Crippen molar-refractivity contribution in [3.63, 3.8) is 0 Å². The molecule has 2 aromatic heterocycles. The molecule has 11 heteroatoms. The van der Waals surface area contributed by atoms with Crippen LogP contribution in [0.25, 0.3) is 22.2 Å². The van der Waals surface area contributed by atoms with Crippen molar-refractivity contribution in [2.24, 2.45) is 5.73 Å². The number of amides is 1. The van der Waals surface area contributed by atoms with E-state index in [2.05, 4.69) is 26.8 Å². The summed E-state index contributed by atoms with van der Waals surface area (Å²) in [6.07, 6.45) is 4.80. The zero-order valence-corrected chi connectivity index (χ0v) is 19.7. The van der Waals surface area contributed by atoms with Crippen molar-refractivity contribution in [2.75, 3.05) is 39.0 Å². The van der Waals surface area contributed by atoms with E-state index in [9.17, 15) is 18.3 Å². The predicted octanol–water partition coefficient (Wildman–Crippen LogP) is 1.99. The number of nitrogens with zero attached hydrogens (tertiary/aromatic N) is 3. The van der Waals surface area contributed by atoms with E-state index in [1.54, 1.807) is 30.3 Å². The van der Waals surface area contributed by atoms with Crippen LogP contribution in [0.15, 0.2) is 53.7 Å². The summed E-state index contributed by atoms with van der Waals surface area (Å²) in [5.41, 5.74) is 6.98. The minimum absolute atomic E-state index is 0. The zero-order valence-electron chi connectivity index (χ0n) is 18.1. The molecule has 33 heavy (non-hydrogen) atoms. The number of H-pyrrole nitrogens is 1. The van der Waals surface area contributed by atoms with Gasteiger partial charge in [0.15, 0.2) is 15.7 Å². The number of sulfone groups is 1. The van der Waals surface area contributed by atoms with Crippen LogP contribution in [0, 0.1) is 0 Å². The highest BCUT2D eigenvalue weighted by Gasteiger charge is 2.18. The lowest BCUT2D eigenvalue weighted by molar-refractivity contribution is 0.100. The Balaban J connectivity index is 0.00000306. The summed E-state index contributed by atoms with van der Waals surface area (Å²) in [7, 11) is -1.47. The van der Waals surface area contributed by atoms with E-state index in [-0.39, 0.29) is 28.9 Å². The molecule has 0 aliphatic carbocycles. The quantitative estimate of drug-likeness (QED) is 0.480. The molecule has 0 saturated carbocycles. The van der Waals surface area contributed by atoms with Gasteiger partial charge < -0.3 is 25.6 Å². The van der Waals surface area contributed by atoms with E-state index >= 15 is 0 Å². The summed E-state index contributed by atoms with van der Waals surface area (Å²) in [6, 6.07) is 7.81. The van der Waals surface area contributed by atoms with Crippen LogP contribution in [0.2, 0.25) is 0 Å². The van der Waals surface area contributed by atoms with Gasteiger partial charge in [-0.2, -0.15) is 0 Å². The number of nitrogens with two attached hydrogens (primary N) is 1. The van der Waals surface area contributed by atoms with Gasteiger partial charge in [0.2, 0.25) is 5.91 Å². The number of benzene rings is 1. The van der Waals surface area contributed by atoms with Crippen LogP contribution >= 0.6 is 12.4 Å². The maximum absolute atomic E-state index is 12.7. The highest BCUT2D eigenvalue weighted by atomic mass is 35.5. The number of carbonyl (C=O) groups excluding carboxylic acids is 1. The van der Waals surface area contributed by atoms with Crippen LogP contribution in [0.4, 0.5) is 0 Å². The van der Waals surface area contributed by atoms with E-state index in [0.717, 1.165) is 26.2 Å². The molecule has 0 atom stereocenters. The number of likely N-dealkylation sites (N-methyl/N-ethyl adjacent to an activating group) is 1. The molecule has 0 bridgehead atoms. The second-order valence-electron chi connectivity index (χ2n) is 7.86. The van der Waals surface area contributed by atoms with Crippen LogP contribution in [-0.4, -0.2) is 78.2 Å². The molecule has 9 nitrogen and oxygen atoms in total. The molecular weight excluding hydrogens is 466 g/mol. The molecule has 1 fully saturated rings. The van der Waals surface area contributed by atoms with Crippen LogP contribution < -0.4 is 5.73 Å². The Morgan fingerprint density at radius 1 is 1.21 bits per heavy atom. The number of hydrogen-bond donors (Lipinski definition) is 3. The Bertz CT molecular complexity index is 1280. The normalized spacial score (nSPS) is 15.1. The van der Waals surface area contributed by atoms with Crippen molar-refractivity contribution in [3.8, 4) is 17.1 Å². The van der Waals surface area contributed by atoms with Crippen molar-refractivity contribution >= 4 is 39.1 Å². The molecule has 1 saturated heterocycles. The molecule has 0 unspecified atom stereocenters. The summed E-state index contributed by atoms with van der Waals surface area (Å²) >= 11 is 0. The van der Waals surface area contributed by atoms with Crippen molar-refractivity contribution in [2.45, 2.75) is 4.90 Å². The molecular formula is C22H26ClN5O4S. The first-order valence-electron chi connectivity index (χ1n) is 10.2. The third-order valence-electron chi connectivity index (χ3n) is 5.58. The van der Waals surface area contributed by atoms with Gasteiger partial charge in [-0.25, -0.2) is 8.42 Å². The summed E-state index contributed by atoms with van der Waals surface area (Å²) in [5.74, 6) is -0.814. The number of fused-ring (bicyclic) bond motifs is 1. The van der Waals surface area contributed by atoms with Gasteiger partial charge in [0.25, 0.3) is 0 Å². The number of aromatic amines is 1. The molecule has 0 radical (unpaired) electrons. The summed E-state index contributed by atoms with van der Waals surface area (Å²) in [6.45, 7) is 3.65. The SMILES string of the molecule is CN1CCN(C=CCS(=O)(=O)c2ccc(-c3c(O)[nH]c4cc(C(N)=O)ccc34)nc2)CC1.Cl. The van der Waals surface area contributed by atoms with Gasteiger partial charge in [-0.1, -0.05) is 12.1 Å². The predicted molar refractivity (Wildman–Crippen MR) is 129 cm³/mol. The maximum Gasteiger partial charge on any atom is 0.248 e. The lowest BCUT2D eigenvalue weighted by Gasteiger charge is -2.31. The fraction of sp³-hybridized carbons (Fsp3) is 0.273. The van der Waals surface area contributed by atoms with E-state index in [1.165, 1.54) is 12.3 Å². The molecule has 1 amide bonds. The van der Waals surface area contributed by atoms with E-state index < -0.39 is 15.7 Å². The first-order chi connectivity index (χ1) is 15.2. The molecule has 3 heterocycles. The molecule has 1 aliphatic heterocycles. The number of pyridine rings is 1. The lowest BCUT2D eigenvalue weighted by Crippen LogP contribution is -2.41. The average Bonchev–Trinajstić information content (AvgIpc) is 3.10. The zero-order chi connectivity index (χ0) is 22.9. The molecule has 0 spiro atoms. The van der Waals surface area contributed by atoms with E-state index in [0.29, 0.717) is 27.7 Å². The van der Waals surface area contributed by atoms with E-state index in [4.69, 9.17) is 5.73 Å². The number of aromatic hydroxyl groups is 1. The minimum Gasteiger partial charge on any atom is -0.494 e. The second-order valence-corrected chi connectivity index (χ2v) is 9.89. The number of rotatable bonds is 6. The molecule has 1 aromatic carbocycles. The van der Waals surface area contributed by atoms with Crippen molar-refractivity contribution < 1.29 is 18.3 Å². The van der Waals surface area contributed by atoms with Crippen molar-refractivity contribution in [1.82, 2.24) is 19.8 Å². The number of piperazine rings is 1. The van der Waals surface area contributed by atoms with Crippen LogP contribution in [0.1, 0.15) is 10.4 Å². The minimum atomic E-state index is -3.53. The van der Waals surface area contributed by atoms with Gasteiger partial charge >= 0.3 is 0 Å². The fourth-order valence-electron chi connectivity index (χ4n) is 3.69. The van der Waals surface area contributed by atoms with Gasteiger partial charge in [-0.15, -0.1) is 12.4 Å². The number of hydrogen-bond acceptors (Lipinski definition) is 7. The van der Waals surface area contributed by atoms with Crippen LogP contribution in [0.3, 0.4) is 0 Å². The number of carbonyl (C=O) groups is 1. The highest BCUT2D eigenvalue weighted by Crippen LogP contribution is 2.36. The number of primary amides is 1. The van der Waals surface area contributed by atoms with Crippen LogP contribution in [0.5, 0.6) is 5.88 Å².